The van der Waals surface area contributed by atoms with Gasteiger partial charge in [-0.3, -0.25) is 4.21 Å². The van der Waals surface area contributed by atoms with Crippen molar-refractivity contribution in [2.75, 3.05) is 7.05 Å². The van der Waals surface area contributed by atoms with Crippen LogP contribution in [0.5, 0.6) is 0 Å². The Bertz CT molecular complexity index is 439. The molecule has 0 saturated carbocycles. The van der Waals surface area contributed by atoms with Gasteiger partial charge in [0.05, 0.1) is 16.0 Å². The van der Waals surface area contributed by atoms with E-state index in [-0.39, 0.29) is 11.3 Å². The predicted molar refractivity (Wildman–Crippen MR) is 74.6 cm³/mol. The molecule has 1 N–H and O–H groups in total. The lowest BCUT2D eigenvalue weighted by molar-refractivity contribution is 0.479. The van der Waals surface area contributed by atoms with Crippen LogP contribution >= 0.6 is 0 Å². The lowest BCUT2D eigenvalue weighted by Gasteiger charge is -2.25. The highest BCUT2D eigenvalue weighted by molar-refractivity contribution is 7.85. The molecule has 0 aliphatic rings. The molecule has 0 spiro atoms. The van der Waals surface area contributed by atoms with Crippen molar-refractivity contribution < 1.29 is 13.0 Å². The van der Waals surface area contributed by atoms with Crippen LogP contribution in [0.4, 0.5) is 8.78 Å². The van der Waals surface area contributed by atoms with Crippen molar-refractivity contribution in [2.45, 2.75) is 49.3 Å². The van der Waals surface area contributed by atoms with Crippen LogP contribution in [0.25, 0.3) is 0 Å². The summed E-state index contributed by atoms with van der Waals surface area (Å²) in [6.07, 6.45) is 2.61. The molecule has 2 nitrogen and oxygen atoms in total. The fourth-order valence-corrected chi connectivity index (χ4v) is 3.83. The van der Waals surface area contributed by atoms with E-state index < -0.39 is 22.4 Å². The topological polar surface area (TPSA) is 29.1 Å². The Morgan fingerprint density at radius 2 is 1.95 bits per heavy atom. The first-order valence-corrected chi connectivity index (χ1v) is 7.79. The van der Waals surface area contributed by atoms with Gasteiger partial charge < -0.3 is 5.32 Å². The molecule has 3 unspecified atom stereocenters. The standard InChI is InChI=1S/C14H21F2NOS/c1-4-6-13(17-3)14(5-2)19(18)10-7-8-11(15)12(16)9-10/h7-9,13-14,17H,4-6H2,1-3H3. The smallest absolute Gasteiger partial charge is 0.160 e. The molecule has 0 aliphatic heterocycles. The highest BCUT2D eigenvalue weighted by Crippen LogP contribution is 2.20. The number of hydrogen-bond donors (Lipinski definition) is 1. The minimum Gasteiger partial charge on any atom is -0.316 e. The Kier molecular flexibility index (Phi) is 6.58. The van der Waals surface area contributed by atoms with Crippen molar-refractivity contribution in [1.82, 2.24) is 5.32 Å². The van der Waals surface area contributed by atoms with E-state index in [1.165, 1.54) is 6.07 Å². The fourth-order valence-electron chi connectivity index (χ4n) is 2.19. The molecule has 19 heavy (non-hydrogen) atoms. The van der Waals surface area contributed by atoms with Gasteiger partial charge in [-0.2, -0.15) is 0 Å². The first-order valence-electron chi connectivity index (χ1n) is 6.58. The maximum absolute atomic E-state index is 13.2. The lowest BCUT2D eigenvalue weighted by atomic mass is 10.1. The molecule has 1 aromatic carbocycles. The summed E-state index contributed by atoms with van der Waals surface area (Å²) in [7, 11) is 0.498. The molecule has 0 bridgehead atoms. The Morgan fingerprint density at radius 1 is 1.26 bits per heavy atom. The van der Waals surface area contributed by atoms with Gasteiger partial charge in [-0.25, -0.2) is 8.78 Å². The summed E-state index contributed by atoms with van der Waals surface area (Å²) < 4.78 is 38.6. The maximum atomic E-state index is 13.2. The van der Waals surface area contributed by atoms with Gasteiger partial charge in [0, 0.05) is 10.9 Å². The van der Waals surface area contributed by atoms with Crippen molar-refractivity contribution in [3.63, 3.8) is 0 Å². The van der Waals surface area contributed by atoms with E-state index in [0.717, 1.165) is 31.4 Å². The van der Waals surface area contributed by atoms with Crippen molar-refractivity contribution in [2.24, 2.45) is 0 Å². The summed E-state index contributed by atoms with van der Waals surface area (Å²) >= 11 is 0. The van der Waals surface area contributed by atoms with Crippen LogP contribution in [-0.4, -0.2) is 22.5 Å². The lowest BCUT2D eigenvalue weighted by Crippen LogP contribution is -2.39. The summed E-state index contributed by atoms with van der Waals surface area (Å²) in [4.78, 5) is 0.349. The SMILES string of the molecule is CCCC(NC)C(CC)S(=O)c1ccc(F)c(F)c1. The predicted octanol–water partition coefficient (Wildman–Crippen LogP) is 3.24. The molecular formula is C14H21F2NOS. The summed E-state index contributed by atoms with van der Waals surface area (Å²) in [6, 6.07) is 3.58. The average Bonchev–Trinajstić information content (AvgIpc) is 2.41. The summed E-state index contributed by atoms with van der Waals surface area (Å²) in [5.41, 5.74) is 0. The molecule has 0 saturated heterocycles. The Labute approximate surface area is 116 Å². The van der Waals surface area contributed by atoms with Gasteiger partial charge in [0.15, 0.2) is 11.6 Å². The van der Waals surface area contributed by atoms with Gasteiger partial charge in [-0.1, -0.05) is 20.3 Å². The normalized spacial score (nSPS) is 16.1. The molecule has 0 amide bonds. The Morgan fingerprint density at radius 3 is 2.42 bits per heavy atom. The minimum atomic E-state index is -1.34. The zero-order valence-corrected chi connectivity index (χ0v) is 12.4. The van der Waals surface area contributed by atoms with Gasteiger partial charge in [0.25, 0.3) is 0 Å². The Balaban J connectivity index is 2.97. The van der Waals surface area contributed by atoms with Crippen molar-refractivity contribution in [1.29, 1.82) is 0 Å². The van der Waals surface area contributed by atoms with E-state index in [0.29, 0.717) is 4.90 Å². The number of benzene rings is 1. The van der Waals surface area contributed by atoms with Crippen LogP contribution in [-0.2, 0) is 10.8 Å². The molecule has 3 atom stereocenters. The van der Waals surface area contributed by atoms with E-state index in [2.05, 4.69) is 12.2 Å². The molecule has 0 radical (unpaired) electrons. The van der Waals surface area contributed by atoms with Crippen LogP contribution in [0.15, 0.2) is 23.1 Å². The van der Waals surface area contributed by atoms with E-state index in [1.807, 2.05) is 14.0 Å². The number of rotatable bonds is 7. The average molecular weight is 289 g/mol. The van der Waals surface area contributed by atoms with Gasteiger partial charge >= 0.3 is 0 Å². The molecule has 0 aromatic heterocycles. The van der Waals surface area contributed by atoms with E-state index in [4.69, 9.17) is 0 Å². The summed E-state index contributed by atoms with van der Waals surface area (Å²) in [6.45, 7) is 4.03. The fraction of sp³-hybridized carbons (Fsp3) is 0.571. The molecule has 0 aliphatic carbocycles. The van der Waals surface area contributed by atoms with Crippen LogP contribution in [0.3, 0.4) is 0 Å². The molecule has 5 heteroatoms. The van der Waals surface area contributed by atoms with Crippen molar-refractivity contribution in [3.05, 3.63) is 29.8 Å². The maximum Gasteiger partial charge on any atom is 0.160 e. The highest BCUT2D eigenvalue weighted by atomic mass is 32.2. The second-order valence-electron chi connectivity index (χ2n) is 4.50. The zero-order chi connectivity index (χ0) is 14.4. The molecule has 1 aromatic rings. The van der Waals surface area contributed by atoms with Crippen LogP contribution < -0.4 is 5.32 Å². The van der Waals surface area contributed by atoms with Gasteiger partial charge in [0.2, 0.25) is 0 Å². The summed E-state index contributed by atoms with van der Waals surface area (Å²) in [5.74, 6) is -1.86. The molecule has 0 fully saturated rings. The molecular weight excluding hydrogens is 268 g/mol. The molecule has 0 heterocycles. The minimum absolute atomic E-state index is 0.102. The zero-order valence-electron chi connectivity index (χ0n) is 11.6. The monoisotopic (exact) mass is 289 g/mol. The third-order valence-corrected chi connectivity index (χ3v) is 5.15. The van der Waals surface area contributed by atoms with Crippen LogP contribution in [0.1, 0.15) is 33.1 Å². The van der Waals surface area contributed by atoms with Crippen molar-refractivity contribution in [3.8, 4) is 0 Å². The van der Waals surface area contributed by atoms with Gasteiger partial charge in [-0.05, 0) is 38.1 Å². The first kappa shape index (κ1) is 16.2. The van der Waals surface area contributed by atoms with Gasteiger partial charge in [-0.15, -0.1) is 0 Å². The second kappa shape index (κ2) is 7.70. The Hall–Kier alpha value is -0.810. The highest BCUT2D eigenvalue weighted by Gasteiger charge is 2.25. The summed E-state index contributed by atoms with van der Waals surface area (Å²) in [5, 5.41) is 3.07. The van der Waals surface area contributed by atoms with E-state index in [9.17, 15) is 13.0 Å². The number of hydrogen-bond acceptors (Lipinski definition) is 2. The third kappa shape index (κ3) is 4.08. The van der Waals surface area contributed by atoms with Crippen LogP contribution in [0, 0.1) is 11.6 Å². The van der Waals surface area contributed by atoms with E-state index in [1.54, 1.807) is 0 Å². The quantitative estimate of drug-likeness (QED) is 0.835. The van der Waals surface area contributed by atoms with E-state index >= 15 is 0 Å². The van der Waals surface area contributed by atoms with Gasteiger partial charge in [0.1, 0.15) is 0 Å². The first-order chi connectivity index (χ1) is 9.04. The number of halogens is 2. The number of nitrogens with one attached hydrogen (secondary N) is 1. The van der Waals surface area contributed by atoms with Crippen molar-refractivity contribution >= 4 is 10.8 Å². The molecule has 1 rings (SSSR count). The van der Waals surface area contributed by atoms with Crippen LogP contribution in [0.2, 0.25) is 0 Å². The largest absolute Gasteiger partial charge is 0.316 e. The third-order valence-electron chi connectivity index (χ3n) is 3.22. The second-order valence-corrected chi connectivity index (χ2v) is 6.18. The molecule has 108 valence electrons.